The maximum Gasteiger partial charge on any atom is 0.312 e. The zero-order valence-electron chi connectivity index (χ0n) is 22.5. The molecule has 1 aromatic heterocycles. The summed E-state index contributed by atoms with van der Waals surface area (Å²) in [5.74, 6) is 0.669. The lowest BCUT2D eigenvalue weighted by atomic mass is 9.76. The number of rotatable bonds is 15. The fourth-order valence-corrected chi connectivity index (χ4v) is 5.31. The van der Waals surface area contributed by atoms with Crippen molar-refractivity contribution in [2.75, 3.05) is 23.9 Å². The zero-order chi connectivity index (χ0) is 28.4. The van der Waals surface area contributed by atoms with E-state index in [2.05, 4.69) is 26.2 Å². The molecule has 0 bridgehead atoms. The number of hydrogen-bond donors (Lipinski definition) is 0. The lowest BCUT2D eigenvalue weighted by Crippen LogP contribution is -2.34. The molecule has 2 aromatic carbocycles. The predicted octanol–water partition coefficient (Wildman–Crippen LogP) is 5.66. The number of nitro groups is 1. The highest BCUT2D eigenvalue weighted by Gasteiger charge is 2.39. The molecule has 0 radical (unpaired) electrons. The van der Waals surface area contributed by atoms with Crippen molar-refractivity contribution in [2.45, 2.75) is 46.6 Å². The first kappa shape index (κ1) is 30.6. The Morgan fingerprint density at radius 1 is 1.21 bits per heavy atom. The minimum atomic E-state index is -0.882. The first-order valence-electron chi connectivity index (χ1n) is 12.3. The van der Waals surface area contributed by atoms with Gasteiger partial charge in [-0.1, -0.05) is 51.0 Å². The molecule has 10 nitrogen and oxygen atoms in total. The fourth-order valence-electron chi connectivity index (χ4n) is 3.84. The summed E-state index contributed by atoms with van der Waals surface area (Å²) in [6, 6.07) is 12.4. The lowest BCUT2D eigenvalue weighted by molar-refractivity contribution is -0.385. The molecule has 0 fully saturated rings. The summed E-state index contributed by atoms with van der Waals surface area (Å²) in [5, 5.41) is 20.3. The number of thioether (sulfide) groups is 1. The van der Waals surface area contributed by atoms with E-state index in [0.29, 0.717) is 23.4 Å². The van der Waals surface area contributed by atoms with Crippen molar-refractivity contribution in [3.63, 3.8) is 0 Å². The van der Waals surface area contributed by atoms with Crippen LogP contribution in [0.1, 0.15) is 42.1 Å². The van der Waals surface area contributed by atoms with Crippen LogP contribution in [0.2, 0.25) is 0 Å². The Balaban J connectivity index is 1.65. The predicted molar refractivity (Wildman–Crippen MR) is 153 cm³/mol. The molecular weight excluding hydrogens is 588 g/mol. The van der Waals surface area contributed by atoms with Crippen LogP contribution in [0.5, 0.6) is 5.75 Å². The van der Waals surface area contributed by atoms with Gasteiger partial charge in [-0.3, -0.25) is 14.9 Å². The Bertz CT molecular complexity index is 1250. The van der Waals surface area contributed by atoms with Crippen molar-refractivity contribution in [1.29, 1.82) is 0 Å². The van der Waals surface area contributed by atoms with Crippen molar-refractivity contribution in [2.24, 2.45) is 5.41 Å². The van der Waals surface area contributed by atoms with Gasteiger partial charge in [0.2, 0.25) is 0 Å². The number of aromatic nitrogens is 3. The largest absolute Gasteiger partial charge is 0.487 e. The number of halogens is 1. The van der Waals surface area contributed by atoms with Crippen molar-refractivity contribution in [1.82, 2.24) is 15.0 Å². The summed E-state index contributed by atoms with van der Waals surface area (Å²) >= 11 is 5.23. The van der Waals surface area contributed by atoms with Crippen molar-refractivity contribution in [3.8, 4) is 5.75 Å². The molecule has 39 heavy (non-hydrogen) atoms. The summed E-state index contributed by atoms with van der Waals surface area (Å²) < 4.78 is 18.5. The summed E-state index contributed by atoms with van der Waals surface area (Å²) in [6.07, 6.45) is 3.72. The van der Waals surface area contributed by atoms with Gasteiger partial charge in [0, 0.05) is 23.1 Å². The van der Waals surface area contributed by atoms with Crippen LogP contribution in [0.15, 0.2) is 48.7 Å². The Morgan fingerprint density at radius 2 is 1.95 bits per heavy atom. The van der Waals surface area contributed by atoms with Gasteiger partial charge in [0.1, 0.15) is 31.4 Å². The van der Waals surface area contributed by atoms with Crippen LogP contribution >= 0.6 is 27.7 Å². The summed E-state index contributed by atoms with van der Waals surface area (Å²) in [5.41, 5.74) is 1.90. The van der Waals surface area contributed by atoms with Crippen molar-refractivity contribution in [3.05, 3.63) is 81.2 Å². The van der Waals surface area contributed by atoms with Gasteiger partial charge in [-0.05, 0) is 44.7 Å². The number of nitro benzene ring substituents is 1. The number of esters is 1. The average molecular weight is 622 g/mol. The number of carbonyl (C=O) groups excluding carboxylic acids is 1. The van der Waals surface area contributed by atoms with Gasteiger partial charge in [-0.15, -0.1) is 5.10 Å². The van der Waals surface area contributed by atoms with Gasteiger partial charge < -0.3 is 14.2 Å². The van der Waals surface area contributed by atoms with Gasteiger partial charge in [-0.2, -0.15) is 11.8 Å². The second-order valence-corrected chi connectivity index (χ2v) is 11.2. The summed E-state index contributed by atoms with van der Waals surface area (Å²) in [7, 11) is 0. The molecule has 0 aliphatic carbocycles. The number of hydrogen-bond acceptors (Lipinski definition) is 9. The number of aryl methyl sites for hydroxylation is 1. The lowest BCUT2D eigenvalue weighted by Gasteiger charge is -2.31. The van der Waals surface area contributed by atoms with E-state index < -0.39 is 16.3 Å². The summed E-state index contributed by atoms with van der Waals surface area (Å²) in [4.78, 5) is 24.3. The van der Waals surface area contributed by atoms with Gasteiger partial charge in [0.25, 0.3) is 5.69 Å². The van der Waals surface area contributed by atoms with Crippen LogP contribution in [0.3, 0.4) is 0 Å². The van der Waals surface area contributed by atoms with E-state index in [1.807, 2.05) is 51.3 Å². The molecule has 0 N–H and O–H groups in total. The SMILES string of the molecule is CSCCOCn1cc(COc2ccc([N+](=O)[O-])c(COC(=O)C(C)(C)C(CBr)c3ccc(C)cc3)c2)nn1. The standard InChI is InChI=1S/C27H33BrN4O6S/c1-19-5-7-20(8-6-19)24(14-28)27(2,3)26(33)38-16-21-13-23(9-10-25(21)32(34)35)37-17-22-15-31(30-29-22)18-36-11-12-39-4/h5-10,13,15,24H,11-12,14,16-18H2,1-4H3. The van der Waals surface area contributed by atoms with Crippen LogP contribution < -0.4 is 4.74 Å². The highest BCUT2D eigenvalue weighted by Crippen LogP contribution is 2.39. The molecule has 1 heterocycles. The number of nitrogens with zero attached hydrogens (tertiary/aromatic N) is 4. The van der Waals surface area contributed by atoms with Gasteiger partial charge in [0.05, 0.1) is 28.7 Å². The minimum Gasteiger partial charge on any atom is -0.487 e. The molecule has 3 rings (SSSR count). The zero-order valence-corrected chi connectivity index (χ0v) is 24.9. The Hall–Kier alpha value is -2.96. The quantitative estimate of drug-likeness (QED) is 0.0697. The van der Waals surface area contributed by atoms with E-state index in [1.54, 1.807) is 22.6 Å². The first-order valence-corrected chi connectivity index (χ1v) is 14.8. The van der Waals surface area contributed by atoms with E-state index >= 15 is 0 Å². The number of ether oxygens (including phenoxy) is 3. The summed E-state index contributed by atoms with van der Waals surface area (Å²) in [6.45, 7) is 6.39. The van der Waals surface area contributed by atoms with Crippen molar-refractivity contribution >= 4 is 39.3 Å². The van der Waals surface area contributed by atoms with Crippen LogP contribution in [-0.2, 0) is 34.2 Å². The van der Waals surface area contributed by atoms with E-state index in [4.69, 9.17) is 14.2 Å². The number of carbonyl (C=O) groups is 1. The van der Waals surface area contributed by atoms with Gasteiger partial charge >= 0.3 is 5.97 Å². The van der Waals surface area contributed by atoms with E-state index in [0.717, 1.165) is 16.9 Å². The Morgan fingerprint density at radius 3 is 2.62 bits per heavy atom. The van der Waals surface area contributed by atoms with Crippen LogP contribution in [-0.4, -0.2) is 49.8 Å². The van der Waals surface area contributed by atoms with Crippen LogP contribution in [0.25, 0.3) is 0 Å². The molecule has 0 amide bonds. The van der Waals surface area contributed by atoms with E-state index in [9.17, 15) is 14.9 Å². The molecule has 0 aliphatic rings. The molecule has 1 atom stereocenters. The molecular formula is C27H33BrN4O6S. The Labute approximate surface area is 240 Å². The third-order valence-electron chi connectivity index (χ3n) is 6.27. The molecule has 210 valence electrons. The Kier molecular flexibility index (Phi) is 11.3. The molecule has 0 saturated heterocycles. The van der Waals surface area contributed by atoms with Gasteiger partial charge in [-0.25, -0.2) is 4.68 Å². The minimum absolute atomic E-state index is 0.109. The molecule has 3 aromatic rings. The molecule has 0 spiro atoms. The smallest absolute Gasteiger partial charge is 0.312 e. The maximum absolute atomic E-state index is 13.2. The number of alkyl halides is 1. The van der Waals surface area contributed by atoms with Crippen molar-refractivity contribution < 1.29 is 23.9 Å². The molecule has 0 saturated carbocycles. The molecule has 12 heteroatoms. The fraction of sp³-hybridized carbons (Fsp3) is 0.444. The second-order valence-electron chi connectivity index (χ2n) is 9.53. The molecule has 1 unspecified atom stereocenters. The highest BCUT2D eigenvalue weighted by molar-refractivity contribution is 9.09. The first-order chi connectivity index (χ1) is 18.6. The monoisotopic (exact) mass is 620 g/mol. The highest BCUT2D eigenvalue weighted by atomic mass is 79.9. The van der Waals surface area contributed by atoms with Gasteiger partial charge in [0.15, 0.2) is 0 Å². The average Bonchev–Trinajstić information content (AvgIpc) is 3.37. The van der Waals surface area contributed by atoms with Crippen LogP contribution in [0, 0.1) is 22.5 Å². The molecule has 0 aliphatic heterocycles. The topological polar surface area (TPSA) is 119 Å². The third-order valence-corrected chi connectivity index (χ3v) is 7.49. The maximum atomic E-state index is 13.2. The van der Waals surface area contributed by atoms with E-state index in [-0.39, 0.29) is 37.1 Å². The normalized spacial score (nSPS) is 12.2. The number of benzene rings is 2. The second kappa shape index (κ2) is 14.4. The van der Waals surface area contributed by atoms with Crippen LogP contribution in [0.4, 0.5) is 5.69 Å². The third kappa shape index (κ3) is 8.51. The van der Waals surface area contributed by atoms with E-state index in [1.165, 1.54) is 18.2 Å².